The second-order valence-electron chi connectivity index (χ2n) is 6.24. The van der Waals surface area contributed by atoms with Crippen LogP contribution in [0.5, 0.6) is 0 Å². The van der Waals surface area contributed by atoms with E-state index in [1.54, 1.807) is 0 Å². The van der Waals surface area contributed by atoms with Gasteiger partial charge in [-0.15, -0.1) is 0 Å². The number of rotatable bonds is 5. The lowest BCUT2D eigenvalue weighted by molar-refractivity contribution is -0.0436. The molecule has 1 amide bonds. The van der Waals surface area contributed by atoms with E-state index in [2.05, 4.69) is 0 Å². The van der Waals surface area contributed by atoms with Crippen molar-refractivity contribution in [3.8, 4) is 0 Å². The standard InChI is InChI=1S/C15H19F3N2O5S2/c1-26(22,23)11-10-19-6-8-20(9-7-19)14(21)12-2-4-13(5-3-12)27(24,25)15(16,17)18/h2-5H,6-11H2,1H3. The summed E-state index contributed by atoms with van der Waals surface area (Å²) in [4.78, 5) is 14.9. The van der Waals surface area contributed by atoms with E-state index < -0.39 is 36.0 Å². The molecule has 0 saturated carbocycles. The number of hydrogen-bond acceptors (Lipinski definition) is 6. The average Bonchev–Trinajstić information content (AvgIpc) is 2.58. The fourth-order valence-electron chi connectivity index (χ4n) is 2.56. The lowest BCUT2D eigenvalue weighted by Gasteiger charge is -2.34. The predicted molar refractivity (Wildman–Crippen MR) is 91.7 cm³/mol. The molecule has 0 bridgehead atoms. The van der Waals surface area contributed by atoms with E-state index in [1.165, 1.54) is 4.90 Å². The summed E-state index contributed by atoms with van der Waals surface area (Å²) in [5, 5.41) is 0. The van der Waals surface area contributed by atoms with Crippen molar-refractivity contribution in [1.29, 1.82) is 0 Å². The first-order chi connectivity index (χ1) is 12.3. The van der Waals surface area contributed by atoms with Gasteiger partial charge in [-0.3, -0.25) is 9.69 Å². The smallest absolute Gasteiger partial charge is 0.336 e. The third kappa shape index (κ3) is 5.42. The van der Waals surface area contributed by atoms with E-state index in [1.807, 2.05) is 4.90 Å². The fraction of sp³-hybridized carbons (Fsp3) is 0.533. The molecular formula is C15H19F3N2O5S2. The van der Waals surface area contributed by atoms with Crippen molar-refractivity contribution in [1.82, 2.24) is 9.80 Å². The van der Waals surface area contributed by atoms with Gasteiger partial charge in [0.25, 0.3) is 15.7 Å². The van der Waals surface area contributed by atoms with E-state index >= 15 is 0 Å². The lowest BCUT2D eigenvalue weighted by atomic mass is 10.2. The van der Waals surface area contributed by atoms with Gasteiger partial charge in [0.05, 0.1) is 10.6 Å². The maximum Gasteiger partial charge on any atom is 0.501 e. The van der Waals surface area contributed by atoms with E-state index in [9.17, 15) is 34.8 Å². The molecule has 0 unspecified atom stereocenters. The maximum absolute atomic E-state index is 12.5. The number of amides is 1. The molecule has 0 aromatic heterocycles. The Labute approximate surface area is 155 Å². The zero-order valence-electron chi connectivity index (χ0n) is 14.4. The lowest BCUT2D eigenvalue weighted by Crippen LogP contribution is -2.49. The van der Waals surface area contributed by atoms with Gasteiger partial charge >= 0.3 is 5.51 Å². The van der Waals surface area contributed by atoms with Crippen LogP contribution in [0.2, 0.25) is 0 Å². The minimum absolute atomic E-state index is 0.0239. The first-order valence-corrected chi connectivity index (χ1v) is 11.5. The molecule has 12 heteroatoms. The Kier molecular flexibility index (Phi) is 6.22. The van der Waals surface area contributed by atoms with Gasteiger partial charge < -0.3 is 4.90 Å². The van der Waals surface area contributed by atoms with Crippen LogP contribution in [0.25, 0.3) is 0 Å². The van der Waals surface area contributed by atoms with Crippen LogP contribution in [0.1, 0.15) is 10.4 Å². The van der Waals surface area contributed by atoms with Crippen LogP contribution >= 0.6 is 0 Å². The topological polar surface area (TPSA) is 91.8 Å². The summed E-state index contributed by atoms with van der Waals surface area (Å²) in [5.74, 6) is -0.399. The number of halogens is 3. The molecular weight excluding hydrogens is 409 g/mol. The number of benzene rings is 1. The molecule has 1 fully saturated rings. The quantitative estimate of drug-likeness (QED) is 0.689. The van der Waals surface area contributed by atoms with Gasteiger partial charge in [-0.25, -0.2) is 16.8 Å². The molecule has 152 valence electrons. The van der Waals surface area contributed by atoms with Gasteiger partial charge in [0.1, 0.15) is 9.84 Å². The van der Waals surface area contributed by atoms with Crippen LogP contribution in [0, 0.1) is 0 Å². The Morgan fingerprint density at radius 2 is 1.52 bits per heavy atom. The molecule has 2 rings (SSSR count). The highest BCUT2D eigenvalue weighted by atomic mass is 32.2. The first kappa shape index (κ1) is 21.6. The minimum Gasteiger partial charge on any atom is -0.336 e. The van der Waals surface area contributed by atoms with Crippen LogP contribution in [-0.2, 0) is 19.7 Å². The number of hydrogen-bond donors (Lipinski definition) is 0. The summed E-state index contributed by atoms with van der Waals surface area (Å²) >= 11 is 0. The third-order valence-corrected chi connectivity index (χ3v) is 6.58. The molecule has 7 nitrogen and oxygen atoms in total. The highest BCUT2D eigenvalue weighted by Crippen LogP contribution is 2.30. The van der Waals surface area contributed by atoms with Crippen LogP contribution in [0.4, 0.5) is 13.2 Å². The summed E-state index contributed by atoms with van der Waals surface area (Å²) in [6.07, 6.45) is 1.15. The normalized spacial score (nSPS) is 17.1. The van der Waals surface area contributed by atoms with E-state index in [4.69, 9.17) is 0 Å². The Hall–Kier alpha value is -1.66. The zero-order chi connectivity index (χ0) is 20.5. The predicted octanol–water partition coefficient (Wildman–Crippen LogP) is 0.783. The fourth-order valence-corrected chi connectivity index (χ4v) is 3.91. The third-order valence-electron chi connectivity index (χ3n) is 4.15. The molecule has 0 radical (unpaired) electrons. The number of sulfone groups is 2. The Bertz CT molecular complexity index is 888. The van der Waals surface area contributed by atoms with E-state index in [-0.39, 0.29) is 11.3 Å². The Morgan fingerprint density at radius 1 is 1.00 bits per heavy atom. The van der Waals surface area contributed by atoms with Crippen molar-refractivity contribution in [3.05, 3.63) is 29.8 Å². The Morgan fingerprint density at radius 3 is 1.96 bits per heavy atom. The van der Waals surface area contributed by atoms with Crippen molar-refractivity contribution in [2.75, 3.05) is 44.7 Å². The molecule has 0 atom stereocenters. The SMILES string of the molecule is CS(=O)(=O)CCN1CCN(C(=O)c2ccc(S(=O)(=O)C(F)(F)F)cc2)CC1. The summed E-state index contributed by atoms with van der Waals surface area (Å²) in [6.45, 7) is 1.99. The van der Waals surface area contributed by atoms with Crippen LogP contribution in [0.15, 0.2) is 29.2 Å². The molecule has 1 heterocycles. The first-order valence-electron chi connectivity index (χ1n) is 7.92. The van der Waals surface area contributed by atoms with Crippen LogP contribution in [-0.4, -0.2) is 82.8 Å². The molecule has 1 aromatic rings. The monoisotopic (exact) mass is 428 g/mol. The van der Waals surface area contributed by atoms with E-state index in [0.717, 1.165) is 30.5 Å². The molecule has 1 aliphatic rings. The van der Waals surface area contributed by atoms with Crippen LogP contribution < -0.4 is 0 Å². The summed E-state index contributed by atoms with van der Waals surface area (Å²) in [6, 6.07) is 3.63. The molecule has 0 N–H and O–H groups in total. The highest BCUT2D eigenvalue weighted by Gasteiger charge is 2.46. The van der Waals surface area contributed by atoms with E-state index in [0.29, 0.717) is 32.7 Å². The second kappa shape index (κ2) is 7.76. The number of piperazine rings is 1. The molecule has 1 saturated heterocycles. The van der Waals surface area contributed by atoms with Crippen molar-refractivity contribution < 1.29 is 34.8 Å². The Balaban J connectivity index is 1.99. The van der Waals surface area contributed by atoms with Crippen molar-refractivity contribution in [3.63, 3.8) is 0 Å². The maximum atomic E-state index is 12.5. The molecule has 1 aromatic carbocycles. The van der Waals surface area contributed by atoms with Gasteiger partial charge in [0, 0.05) is 44.5 Å². The van der Waals surface area contributed by atoms with Crippen molar-refractivity contribution >= 4 is 25.6 Å². The molecule has 27 heavy (non-hydrogen) atoms. The van der Waals surface area contributed by atoms with Gasteiger partial charge in [-0.05, 0) is 24.3 Å². The van der Waals surface area contributed by atoms with Crippen LogP contribution in [0.3, 0.4) is 0 Å². The molecule has 1 aliphatic heterocycles. The second-order valence-corrected chi connectivity index (χ2v) is 10.4. The van der Waals surface area contributed by atoms with Gasteiger partial charge in [-0.1, -0.05) is 0 Å². The summed E-state index contributed by atoms with van der Waals surface area (Å²) < 4.78 is 82.7. The number of carbonyl (C=O) groups excluding carboxylic acids is 1. The molecule has 0 aliphatic carbocycles. The summed E-state index contributed by atoms with van der Waals surface area (Å²) in [7, 11) is -8.52. The van der Waals surface area contributed by atoms with Crippen molar-refractivity contribution in [2.24, 2.45) is 0 Å². The molecule has 0 spiro atoms. The number of nitrogens with zero attached hydrogens (tertiary/aromatic N) is 2. The summed E-state index contributed by atoms with van der Waals surface area (Å²) in [5.41, 5.74) is -5.32. The van der Waals surface area contributed by atoms with Crippen molar-refractivity contribution in [2.45, 2.75) is 10.4 Å². The van der Waals surface area contributed by atoms with Gasteiger partial charge in [0.15, 0.2) is 0 Å². The number of carbonyl (C=O) groups is 1. The van der Waals surface area contributed by atoms with Gasteiger partial charge in [-0.2, -0.15) is 13.2 Å². The average molecular weight is 428 g/mol. The largest absolute Gasteiger partial charge is 0.501 e. The van der Waals surface area contributed by atoms with Gasteiger partial charge in [0.2, 0.25) is 0 Å². The minimum atomic E-state index is -5.45. The number of alkyl halides is 3. The zero-order valence-corrected chi connectivity index (χ0v) is 16.1. The highest BCUT2D eigenvalue weighted by molar-refractivity contribution is 7.92.